The predicted molar refractivity (Wildman–Crippen MR) is 126 cm³/mol. The standard InChI is InChI=1S/C25H25N5O3/c1-15-17(12-13-24(31)28-20-10-6-4-9-19(20)25(26)32)16(2)30-23(27-15)14-21(29-30)18-8-5-7-11-22(18)33-3/h4-11,14H,12-13H2,1-3H3,(H2,26,32)(H,28,31). The van der Waals surface area contributed by atoms with Gasteiger partial charge in [0.05, 0.1) is 24.1 Å². The number of benzene rings is 2. The number of primary amides is 1. The number of hydrogen-bond acceptors (Lipinski definition) is 5. The van der Waals surface area contributed by atoms with Gasteiger partial charge in [-0.3, -0.25) is 9.59 Å². The first-order valence-corrected chi connectivity index (χ1v) is 10.6. The summed E-state index contributed by atoms with van der Waals surface area (Å²) < 4.78 is 7.26. The van der Waals surface area contributed by atoms with Crippen molar-refractivity contribution >= 4 is 23.1 Å². The van der Waals surface area contributed by atoms with Crippen LogP contribution in [-0.2, 0) is 11.2 Å². The van der Waals surface area contributed by atoms with E-state index in [2.05, 4.69) is 5.32 Å². The summed E-state index contributed by atoms with van der Waals surface area (Å²) in [6.45, 7) is 3.90. The number of nitrogens with one attached hydrogen (secondary N) is 1. The first-order chi connectivity index (χ1) is 15.9. The SMILES string of the molecule is COc1ccccc1-c1cc2nc(C)c(CCC(=O)Nc3ccccc3C(N)=O)c(C)n2n1. The van der Waals surface area contributed by atoms with E-state index in [1.807, 2.05) is 44.2 Å². The largest absolute Gasteiger partial charge is 0.496 e. The Kier molecular flexibility index (Phi) is 6.08. The van der Waals surface area contributed by atoms with Crippen molar-refractivity contribution in [3.63, 3.8) is 0 Å². The molecule has 3 N–H and O–H groups in total. The van der Waals surface area contributed by atoms with Gasteiger partial charge >= 0.3 is 0 Å². The molecule has 0 aliphatic rings. The van der Waals surface area contributed by atoms with E-state index in [4.69, 9.17) is 20.6 Å². The molecule has 0 fully saturated rings. The Labute approximate surface area is 191 Å². The maximum Gasteiger partial charge on any atom is 0.250 e. The summed E-state index contributed by atoms with van der Waals surface area (Å²) in [6, 6.07) is 16.3. The molecule has 2 heterocycles. The van der Waals surface area contributed by atoms with Gasteiger partial charge in [-0.05, 0) is 50.1 Å². The number of methoxy groups -OCH3 is 1. The molecule has 4 aromatic rings. The van der Waals surface area contributed by atoms with Crippen molar-refractivity contribution in [2.45, 2.75) is 26.7 Å². The molecule has 2 aromatic heterocycles. The van der Waals surface area contributed by atoms with Gasteiger partial charge in [-0.15, -0.1) is 0 Å². The monoisotopic (exact) mass is 443 g/mol. The molecule has 0 bridgehead atoms. The lowest BCUT2D eigenvalue weighted by Crippen LogP contribution is -2.19. The van der Waals surface area contributed by atoms with Crippen LogP contribution >= 0.6 is 0 Å². The van der Waals surface area contributed by atoms with E-state index in [1.54, 1.807) is 35.9 Å². The van der Waals surface area contributed by atoms with E-state index < -0.39 is 5.91 Å². The number of aromatic nitrogens is 3. The molecular formula is C25H25N5O3. The highest BCUT2D eigenvalue weighted by molar-refractivity contribution is 6.03. The normalized spacial score (nSPS) is 10.9. The predicted octanol–water partition coefficient (Wildman–Crippen LogP) is 3.69. The van der Waals surface area contributed by atoms with Crippen LogP contribution in [-0.4, -0.2) is 33.5 Å². The second-order valence-corrected chi connectivity index (χ2v) is 7.72. The number of amides is 2. The first kappa shape index (κ1) is 22.0. The Morgan fingerprint density at radius 2 is 1.82 bits per heavy atom. The van der Waals surface area contributed by atoms with Crippen molar-refractivity contribution in [1.82, 2.24) is 14.6 Å². The highest BCUT2D eigenvalue weighted by Gasteiger charge is 2.16. The Balaban J connectivity index is 1.57. The number of rotatable bonds is 7. The molecule has 168 valence electrons. The molecule has 0 radical (unpaired) electrons. The number of carbonyl (C=O) groups is 2. The molecule has 8 nitrogen and oxygen atoms in total. The molecule has 2 amide bonds. The van der Waals surface area contributed by atoms with Crippen molar-refractivity contribution in [3.8, 4) is 17.0 Å². The van der Waals surface area contributed by atoms with Gasteiger partial charge in [-0.25, -0.2) is 9.50 Å². The highest BCUT2D eigenvalue weighted by Crippen LogP contribution is 2.30. The van der Waals surface area contributed by atoms with Crippen LogP contribution in [0.1, 0.15) is 33.7 Å². The summed E-state index contributed by atoms with van der Waals surface area (Å²) in [7, 11) is 1.63. The van der Waals surface area contributed by atoms with Crippen LogP contribution in [0.2, 0.25) is 0 Å². The number of para-hydroxylation sites is 2. The number of nitrogens with zero attached hydrogens (tertiary/aromatic N) is 3. The lowest BCUT2D eigenvalue weighted by molar-refractivity contribution is -0.116. The molecule has 0 spiro atoms. The van der Waals surface area contributed by atoms with Gasteiger partial charge in [0.2, 0.25) is 5.91 Å². The Bertz CT molecular complexity index is 1360. The number of aryl methyl sites for hydroxylation is 2. The number of carbonyl (C=O) groups excluding carboxylic acids is 2. The van der Waals surface area contributed by atoms with E-state index in [0.717, 1.165) is 39.6 Å². The second-order valence-electron chi connectivity index (χ2n) is 7.72. The third-order valence-corrected chi connectivity index (χ3v) is 5.62. The number of fused-ring (bicyclic) bond motifs is 1. The molecule has 0 aliphatic carbocycles. The zero-order valence-electron chi connectivity index (χ0n) is 18.8. The van der Waals surface area contributed by atoms with Gasteiger partial charge < -0.3 is 15.8 Å². The summed E-state index contributed by atoms with van der Waals surface area (Å²) in [4.78, 5) is 28.9. The molecular weight excluding hydrogens is 418 g/mol. The fraction of sp³-hybridized carbons (Fsp3) is 0.200. The zero-order valence-corrected chi connectivity index (χ0v) is 18.8. The van der Waals surface area contributed by atoms with E-state index in [0.29, 0.717) is 12.1 Å². The third kappa shape index (κ3) is 4.41. The van der Waals surface area contributed by atoms with Gasteiger partial charge in [-0.2, -0.15) is 5.10 Å². The van der Waals surface area contributed by atoms with Crippen LogP contribution in [0.5, 0.6) is 5.75 Å². The number of ether oxygens (including phenoxy) is 1. The molecule has 4 rings (SSSR count). The Morgan fingerprint density at radius 1 is 1.09 bits per heavy atom. The number of anilines is 1. The minimum Gasteiger partial charge on any atom is -0.496 e. The van der Waals surface area contributed by atoms with Crippen LogP contribution in [0.15, 0.2) is 54.6 Å². The average Bonchev–Trinajstić information content (AvgIpc) is 3.23. The third-order valence-electron chi connectivity index (χ3n) is 5.62. The van der Waals surface area contributed by atoms with Crippen molar-refractivity contribution in [2.24, 2.45) is 5.73 Å². The summed E-state index contributed by atoms with van der Waals surface area (Å²) in [5.41, 5.74) is 11.2. The van der Waals surface area contributed by atoms with E-state index in [1.165, 1.54) is 0 Å². The maximum atomic E-state index is 12.6. The summed E-state index contributed by atoms with van der Waals surface area (Å²) in [5, 5.41) is 7.52. The number of nitrogens with two attached hydrogens (primary N) is 1. The summed E-state index contributed by atoms with van der Waals surface area (Å²) in [6.07, 6.45) is 0.706. The zero-order chi connectivity index (χ0) is 23.5. The van der Waals surface area contributed by atoms with Gasteiger partial charge in [0.1, 0.15) is 5.75 Å². The quantitative estimate of drug-likeness (QED) is 0.452. The molecule has 8 heteroatoms. The molecule has 0 saturated heterocycles. The molecule has 2 aromatic carbocycles. The van der Waals surface area contributed by atoms with E-state index in [9.17, 15) is 9.59 Å². The smallest absolute Gasteiger partial charge is 0.250 e. The van der Waals surface area contributed by atoms with Crippen molar-refractivity contribution < 1.29 is 14.3 Å². The Morgan fingerprint density at radius 3 is 2.58 bits per heavy atom. The van der Waals surface area contributed by atoms with Crippen LogP contribution < -0.4 is 15.8 Å². The highest BCUT2D eigenvalue weighted by atomic mass is 16.5. The van der Waals surface area contributed by atoms with Crippen LogP contribution in [0, 0.1) is 13.8 Å². The van der Waals surface area contributed by atoms with Crippen LogP contribution in [0.25, 0.3) is 16.9 Å². The number of hydrogen-bond donors (Lipinski definition) is 2. The van der Waals surface area contributed by atoms with Gasteiger partial charge in [-0.1, -0.05) is 24.3 Å². The van der Waals surface area contributed by atoms with Crippen molar-refractivity contribution in [2.75, 3.05) is 12.4 Å². The maximum absolute atomic E-state index is 12.6. The lowest BCUT2D eigenvalue weighted by atomic mass is 10.1. The van der Waals surface area contributed by atoms with E-state index >= 15 is 0 Å². The Hall–Kier alpha value is -4.20. The molecule has 0 unspecified atom stereocenters. The van der Waals surface area contributed by atoms with Gasteiger partial charge in [0, 0.05) is 29.4 Å². The van der Waals surface area contributed by atoms with Crippen molar-refractivity contribution in [3.05, 3.63) is 77.1 Å². The van der Waals surface area contributed by atoms with Crippen LogP contribution in [0.3, 0.4) is 0 Å². The van der Waals surface area contributed by atoms with Crippen LogP contribution in [0.4, 0.5) is 5.69 Å². The first-order valence-electron chi connectivity index (χ1n) is 10.6. The molecule has 0 aliphatic heterocycles. The molecule has 0 saturated carbocycles. The summed E-state index contributed by atoms with van der Waals surface area (Å²) >= 11 is 0. The fourth-order valence-electron chi connectivity index (χ4n) is 3.93. The van der Waals surface area contributed by atoms with E-state index in [-0.39, 0.29) is 17.9 Å². The molecule has 0 atom stereocenters. The minimum absolute atomic E-state index is 0.210. The lowest BCUT2D eigenvalue weighted by Gasteiger charge is -2.12. The van der Waals surface area contributed by atoms with Gasteiger partial charge in [0.25, 0.3) is 5.91 Å². The minimum atomic E-state index is -0.586. The second kappa shape index (κ2) is 9.12. The van der Waals surface area contributed by atoms with Crippen molar-refractivity contribution in [1.29, 1.82) is 0 Å². The van der Waals surface area contributed by atoms with Gasteiger partial charge in [0.15, 0.2) is 5.65 Å². The average molecular weight is 444 g/mol. The fourth-order valence-corrected chi connectivity index (χ4v) is 3.93. The topological polar surface area (TPSA) is 112 Å². The summed E-state index contributed by atoms with van der Waals surface area (Å²) in [5.74, 6) is -0.0574. The molecule has 33 heavy (non-hydrogen) atoms.